The molecule has 1 fully saturated rings. The number of hydrogen-bond donors (Lipinski definition) is 3. The number of rotatable bonds is 3. The summed E-state index contributed by atoms with van der Waals surface area (Å²) in [5, 5.41) is 11.5. The molecule has 0 spiro atoms. The van der Waals surface area contributed by atoms with Crippen LogP contribution >= 0.6 is 0 Å². The Labute approximate surface area is 79.5 Å². The molecule has 1 aliphatic rings. The van der Waals surface area contributed by atoms with E-state index in [4.69, 9.17) is 10.8 Å². The molecular formula is C9H20N2O2. The van der Waals surface area contributed by atoms with E-state index in [0.717, 1.165) is 12.8 Å². The van der Waals surface area contributed by atoms with Crippen LogP contribution in [0.15, 0.2) is 0 Å². The predicted octanol–water partition coefficient (Wildman–Crippen LogP) is 0.000900. The summed E-state index contributed by atoms with van der Waals surface area (Å²) in [6.07, 6.45) is 2.28. The van der Waals surface area contributed by atoms with Crippen molar-refractivity contribution in [3.8, 4) is 0 Å². The highest BCUT2D eigenvalue weighted by molar-refractivity contribution is 5.81. The molecule has 0 radical (unpaired) electrons. The number of amides is 1. The van der Waals surface area contributed by atoms with Gasteiger partial charge in [-0.05, 0) is 12.8 Å². The lowest BCUT2D eigenvalue weighted by Gasteiger charge is -2.06. The lowest BCUT2D eigenvalue weighted by molar-refractivity contribution is -0.128. The molecule has 0 aromatic heterocycles. The maximum atomic E-state index is 10.8. The summed E-state index contributed by atoms with van der Waals surface area (Å²) in [7, 11) is 0. The van der Waals surface area contributed by atoms with Crippen LogP contribution in [0.5, 0.6) is 0 Å². The van der Waals surface area contributed by atoms with Gasteiger partial charge in [-0.1, -0.05) is 20.3 Å². The second-order valence-electron chi connectivity index (χ2n) is 3.24. The number of aliphatic hydroxyl groups excluding tert-OH is 1. The number of carbonyl (C=O) groups is 1. The van der Waals surface area contributed by atoms with Gasteiger partial charge in [-0.15, -0.1) is 0 Å². The molecule has 78 valence electrons. The van der Waals surface area contributed by atoms with E-state index in [9.17, 15) is 4.79 Å². The molecule has 4 heteroatoms. The Morgan fingerprint density at radius 3 is 2.38 bits per heavy atom. The van der Waals surface area contributed by atoms with Gasteiger partial charge in [-0.3, -0.25) is 4.79 Å². The third-order valence-corrected chi connectivity index (χ3v) is 1.45. The fraction of sp³-hybridized carbons (Fsp3) is 0.889. The van der Waals surface area contributed by atoms with Crippen molar-refractivity contribution in [1.82, 2.24) is 5.32 Å². The van der Waals surface area contributed by atoms with Gasteiger partial charge >= 0.3 is 0 Å². The van der Waals surface area contributed by atoms with Crippen LogP contribution < -0.4 is 11.1 Å². The molecule has 0 aromatic carbocycles. The van der Waals surface area contributed by atoms with Crippen LogP contribution in [-0.4, -0.2) is 29.7 Å². The van der Waals surface area contributed by atoms with Gasteiger partial charge in [0.25, 0.3) is 0 Å². The Bertz CT molecular complexity index is 147. The monoisotopic (exact) mass is 188 g/mol. The van der Waals surface area contributed by atoms with Crippen molar-refractivity contribution >= 4 is 5.91 Å². The summed E-state index contributed by atoms with van der Waals surface area (Å²) in [5.74, 6) is -0.343. The number of aliphatic hydroxyl groups is 1. The van der Waals surface area contributed by atoms with Crippen molar-refractivity contribution in [3.63, 3.8) is 0 Å². The van der Waals surface area contributed by atoms with Crippen LogP contribution in [-0.2, 0) is 4.79 Å². The average molecular weight is 188 g/mol. The Morgan fingerprint density at radius 2 is 2.08 bits per heavy atom. The molecule has 1 amide bonds. The van der Waals surface area contributed by atoms with Gasteiger partial charge in [-0.2, -0.15) is 0 Å². The van der Waals surface area contributed by atoms with Crippen LogP contribution in [0.3, 0.4) is 0 Å². The highest BCUT2D eigenvalue weighted by Gasteiger charge is 2.25. The molecule has 4 nitrogen and oxygen atoms in total. The number of carbonyl (C=O) groups excluding carboxylic acids is 1. The first-order valence-electron chi connectivity index (χ1n) is 4.84. The predicted molar refractivity (Wildman–Crippen MR) is 52.2 cm³/mol. The van der Waals surface area contributed by atoms with Crippen LogP contribution in [0, 0.1) is 0 Å². The van der Waals surface area contributed by atoms with E-state index in [1.807, 2.05) is 0 Å². The smallest absolute Gasteiger partial charge is 0.250 e. The molecule has 1 saturated carbocycles. The van der Waals surface area contributed by atoms with Gasteiger partial charge in [-0.25, -0.2) is 0 Å². The summed E-state index contributed by atoms with van der Waals surface area (Å²) in [6, 6.07) is 0.300. The van der Waals surface area contributed by atoms with E-state index in [1.165, 1.54) is 6.42 Å². The number of hydrogen-bond acceptors (Lipinski definition) is 3. The van der Waals surface area contributed by atoms with Crippen LogP contribution in [0.25, 0.3) is 0 Å². The van der Waals surface area contributed by atoms with Crippen molar-refractivity contribution in [2.45, 2.75) is 45.3 Å². The standard InChI is InChI=1S/C6H12N2O2.C3H8/c7-3-5(9)6(10)8-4-1-2-4;1-3-2/h4-5,9H,1-3,7H2,(H,8,10);3H2,1-2H3. The zero-order chi connectivity index (χ0) is 10.3. The normalized spacial score (nSPS) is 16.9. The average Bonchev–Trinajstić information content (AvgIpc) is 2.88. The van der Waals surface area contributed by atoms with Crippen molar-refractivity contribution in [2.75, 3.05) is 6.54 Å². The van der Waals surface area contributed by atoms with E-state index in [0.29, 0.717) is 6.04 Å². The molecular weight excluding hydrogens is 168 g/mol. The van der Waals surface area contributed by atoms with Crippen LogP contribution in [0.2, 0.25) is 0 Å². The van der Waals surface area contributed by atoms with E-state index in [2.05, 4.69) is 19.2 Å². The van der Waals surface area contributed by atoms with Crippen LogP contribution in [0.4, 0.5) is 0 Å². The van der Waals surface area contributed by atoms with E-state index < -0.39 is 6.10 Å². The third kappa shape index (κ3) is 6.54. The van der Waals surface area contributed by atoms with Gasteiger partial charge in [0, 0.05) is 12.6 Å². The Kier molecular flexibility index (Phi) is 6.54. The fourth-order valence-electron chi connectivity index (χ4n) is 0.632. The van der Waals surface area contributed by atoms with Crippen LogP contribution in [0.1, 0.15) is 33.1 Å². The Hall–Kier alpha value is -0.610. The van der Waals surface area contributed by atoms with Gasteiger partial charge in [0.05, 0.1) is 0 Å². The Morgan fingerprint density at radius 1 is 1.62 bits per heavy atom. The first-order valence-corrected chi connectivity index (χ1v) is 4.84. The minimum absolute atomic E-state index is 0.00144. The third-order valence-electron chi connectivity index (χ3n) is 1.45. The summed E-state index contributed by atoms with van der Waals surface area (Å²) in [5.41, 5.74) is 5.06. The van der Waals surface area contributed by atoms with Crippen molar-refractivity contribution in [1.29, 1.82) is 0 Å². The van der Waals surface area contributed by atoms with Crippen molar-refractivity contribution < 1.29 is 9.90 Å². The number of nitrogens with two attached hydrogens (primary N) is 1. The summed E-state index contributed by atoms with van der Waals surface area (Å²) >= 11 is 0. The minimum atomic E-state index is -1.03. The minimum Gasteiger partial charge on any atom is -0.382 e. The summed E-state index contributed by atoms with van der Waals surface area (Å²) in [6.45, 7) is 4.25. The lowest BCUT2D eigenvalue weighted by atomic mass is 10.3. The molecule has 0 bridgehead atoms. The van der Waals surface area contributed by atoms with E-state index >= 15 is 0 Å². The van der Waals surface area contributed by atoms with Crippen molar-refractivity contribution in [2.24, 2.45) is 5.73 Å². The molecule has 1 atom stereocenters. The fourth-order valence-corrected chi connectivity index (χ4v) is 0.632. The van der Waals surface area contributed by atoms with E-state index in [-0.39, 0.29) is 12.5 Å². The maximum Gasteiger partial charge on any atom is 0.250 e. The quantitative estimate of drug-likeness (QED) is 0.583. The molecule has 13 heavy (non-hydrogen) atoms. The highest BCUT2D eigenvalue weighted by Crippen LogP contribution is 2.18. The molecule has 0 heterocycles. The molecule has 0 aromatic rings. The molecule has 0 aliphatic heterocycles. The van der Waals surface area contributed by atoms with Crippen molar-refractivity contribution in [3.05, 3.63) is 0 Å². The maximum absolute atomic E-state index is 10.8. The van der Waals surface area contributed by atoms with Gasteiger partial charge in [0.2, 0.25) is 5.91 Å². The summed E-state index contributed by atoms with van der Waals surface area (Å²) in [4.78, 5) is 10.8. The lowest BCUT2D eigenvalue weighted by Crippen LogP contribution is -2.40. The molecule has 1 rings (SSSR count). The zero-order valence-corrected chi connectivity index (χ0v) is 8.42. The highest BCUT2D eigenvalue weighted by atomic mass is 16.3. The molecule has 1 aliphatic carbocycles. The van der Waals surface area contributed by atoms with Gasteiger partial charge in [0.15, 0.2) is 0 Å². The second-order valence-corrected chi connectivity index (χ2v) is 3.24. The molecule has 4 N–H and O–H groups in total. The zero-order valence-electron chi connectivity index (χ0n) is 8.42. The summed E-state index contributed by atoms with van der Waals surface area (Å²) < 4.78 is 0. The SMILES string of the molecule is CCC.NCC(O)C(=O)NC1CC1. The largest absolute Gasteiger partial charge is 0.382 e. The second kappa shape index (κ2) is 6.86. The number of nitrogens with one attached hydrogen (secondary N) is 1. The Balaban J connectivity index is 0.000000424. The first-order chi connectivity index (χ1) is 6.15. The topological polar surface area (TPSA) is 75.3 Å². The van der Waals surface area contributed by atoms with E-state index in [1.54, 1.807) is 0 Å². The molecule has 0 saturated heterocycles. The van der Waals surface area contributed by atoms with Gasteiger partial charge < -0.3 is 16.2 Å². The molecule has 1 unspecified atom stereocenters. The van der Waals surface area contributed by atoms with Gasteiger partial charge in [0.1, 0.15) is 6.10 Å². The first kappa shape index (κ1) is 12.4.